The molecule has 5 heteroatoms. The molecule has 0 aromatic heterocycles. The Kier molecular flexibility index (Phi) is 3.68. The minimum absolute atomic E-state index is 0.185. The maximum Gasteiger partial charge on any atom is 0.282 e. The summed E-state index contributed by atoms with van der Waals surface area (Å²) in [5.74, 6) is 0. The fraction of sp³-hybridized carbons (Fsp3) is 0.214. The molecule has 1 aromatic carbocycles. The molecule has 2 rings (SSSR count). The van der Waals surface area contributed by atoms with Gasteiger partial charge in [-0.15, -0.1) is 0 Å². The molecule has 1 aliphatic rings. The SMILES string of the molecule is COC1(C)C=CC(=NS(=O)(=O)c2ccccc2)C=C1. The van der Waals surface area contributed by atoms with E-state index in [-0.39, 0.29) is 4.90 Å². The Morgan fingerprint density at radius 1 is 1.11 bits per heavy atom. The van der Waals surface area contributed by atoms with E-state index in [4.69, 9.17) is 4.74 Å². The molecular formula is C14H15NO3S. The van der Waals surface area contributed by atoms with Gasteiger partial charge in [-0.3, -0.25) is 0 Å². The van der Waals surface area contributed by atoms with Crippen LogP contribution >= 0.6 is 0 Å². The molecule has 1 aromatic rings. The quantitative estimate of drug-likeness (QED) is 0.852. The van der Waals surface area contributed by atoms with Crippen molar-refractivity contribution in [2.45, 2.75) is 17.4 Å². The molecule has 0 N–H and O–H groups in total. The van der Waals surface area contributed by atoms with Gasteiger partial charge in [-0.25, -0.2) is 0 Å². The summed E-state index contributed by atoms with van der Waals surface area (Å²) in [6.45, 7) is 1.88. The van der Waals surface area contributed by atoms with Crippen molar-refractivity contribution in [3.8, 4) is 0 Å². The molecule has 4 nitrogen and oxygen atoms in total. The summed E-state index contributed by atoms with van der Waals surface area (Å²) in [4.78, 5) is 0.185. The average molecular weight is 277 g/mol. The zero-order valence-electron chi connectivity index (χ0n) is 10.8. The van der Waals surface area contributed by atoms with E-state index in [0.29, 0.717) is 5.71 Å². The maximum atomic E-state index is 12.0. The summed E-state index contributed by atoms with van der Waals surface area (Å²) in [6.07, 6.45) is 6.83. The first-order valence-corrected chi connectivity index (χ1v) is 7.23. The largest absolute Gasteiger partial charge is 0.370 e. The lowest BCUT2D eigenvalue weighted by Crippen LogP contribution is -2.24. The van der Waals surface area contributed by atoms with Crippen LogP contribution in [0.4, 0.5) is 0 Å². The lowest BCUT2D eigenvalue weighted by atomic mass is 10.00. The monoisotopic (exact) mass is 277 g/mol. The third kappa shape index (κ3) is 3.19. The normalized spacial score (nSPS) is 22.5. The number of allylic oxidation sites excluding steroid dienone is 2. The van der Waals surface area contributed by atoms with Crippen molar-refractivity contribution in [3.05, 3.63) is 54.6 Å². The molecule has 100 valence electrons. The molecule has 0 bridgehead atoms. The van der Waals surface area contributed by atoms with Crippen molar-refractivity contribution in [2.75, 3.05) is 7.11 Å². The Labute approximate surface area is 113 Å². The third-order valence-corrected chi connectivity index (χ3v) is 4.20. The van der Waals surface area contributed by atoms with Crippen LogP contribution in [0.1, 0.15) is 6.92 Å². The molecule has 0 aliphatic heterocycles. The second-order valence-electron chi connectivity index (χ2n) is 4.36. The minimum Gasteiger partial charge on any atom is -0.370 e. The Bertz CT molecular complexity index is 627. The lowest BCUT2D eigenvalue weighted by Gasteiger charge is -2.22. The fourth-order valence-corrected chi connectivity index (χ4v) is 2.60. The molecule has 0 spiro atoms. The predicted octanol–water partition coefficient (Wildman–Crippen LogP) is 2.35. The zero-order chi connectivity index (χ0) is 13.9. The van der Waals surface area contributed by atoms with Crippen LogP contribution in [-0.4, -0.2) is 26.8 Å². The van der Waals surface area contributed by atoms with E-state index in [0.717, 1.165) is 0 Å². The molecule has 0 amide bonds. The minimum atomic E-state index is -3.66. The molecule has 0 unspecified atom stereocenters. The van der Waals surface area contributed by atoms with Crippen molar-refractivity contribution in [2.24, 2.45) is 4.40 Å². The number of benzene rings is 1. The Morgan fingerprint density at radius 3 is 2.21 bits per heavy atom. The molecule has 0 radical (unpaired) electrons. The van der Waals surface area contributed by atoms with Gasteiger partial charge in [-0.05, 0) is 43.4 Å². The molecule has 0 fully saturated rings. The summed E-state index contributed by atoms with van der Waals surface area (Å²) in [6, 6.07) is 8.14. The van der Waals surface area contributed by atoms with Gasteiger partial charge in [0.05, 0.1) is 10.6 Å². The molecular weight excluding hydrogens is 262 g/mol. The number of sulfonamides is 1. The van der Waals surface area contributed by atoms with Crippen LogP contribution in [0, 0.1) is 0 Å². The van der Waals surface area contributed by atoms with Crippen LogP contribution in [0.5, 0.6) is 0 Å². The fourth-order valence-electron chi connectivity index (χ4n) is 1.59. The summed E-state index contributed by atoms with van der Waals surface area (Å²) in [5, 5.41) is 0. The highest BCUT2D eigenvalue weighted by molar-refractivity contribution is 7.90. The highest BCUT2D eigenvalue weighted by Gasteiger charge is 2.20. The van der Waals surface area contributed by atoms with Gasteiger partial charge in [0.1, 0.15) is 5.60 Å². The molecule has 1 aliphatic carbocycles. The first kappa shape index (κ1) is 13.7. The van der Waals surface area contributed by atoms with Gasteiger partial charge < -0.3 is 4.74 Å². The van der Waals surface area contributed by atoms with E-state index >= 15 is 0 Å². The zero-order valence-corrected chi connectivity index (χ0v) is 11.6. The van der Waals surface area contributed by atoms with Gasteiger partial charge in [-0.1, -0.05) is 18.2 Å². The standard InChI is InChI=1S/C14H15NO3S/c1-14(18-2)10-8-12(9-11-14)15-19(16,17)13-6-4-3-5-7-13/h3-11H,1-2H3. The van der Waals surface area contributed by atoms with Crippen molar-refractivity contribution in [1.82, 2.24) is 0 Å². The van der Waals surface area contributed by atoms with Crippen LogP contribution < -0.4 is 0 Å². The summed E-state index contributed by atoms with van der Waals surface area (Å²) in [5.41, 5.74) is -0.117. The van der Waals surface area contributed by atoms with Gasteiger partial charge in [0.2, 0.25) is 0 Å². The van der Waals surface area contributed by atoms with Crippen molar-refractivity contribution < 1.29 is 13.2 Å². The molecule has 0 saturated heterocycles. The van der Waals surface area contributed by atoms with Gasteiger partial charge in [0.15, 0.2) is 0 Å². The van der Waals surface area contributed by atoms with Gasteiger partial charge >= 0.3 is 0 Å². The van der Waals surface area contributed by atoms with Gasteiger partial charge in [-0.2, -0.15) is 12.8 Å². The van der Waals surface area contributed by atoms with E-state index in [2.05, 4.69) is 4.40 Å². The van der Waals surface area contributed by atoms with Crippen LogP contribution in [0.2, 0.25) is 0 Å². The van der Waals surface area contributed by atoms with Crippen molar-refractivity contribution in [1.29, 1.82) is 0 Å². The molecule has 0 heterocycles. The number of hydrogen-bond acceptors (Lipinski definition) is 3. The van der Waals surface area contributed by atoms with E-state index in [1.807, 2.05) is 6.92 Å². The highest BCUT2D eigenvalue weighted by Crippen LogP contribution is 2.19. The van der Waals surface area contributed by atoms with Gasteiger partial charge in [0.25, 0.3) is 10.0 Å². The highest BCUT2D eigenvalue weighted by atomic mass is 32.2. The number of methoxy groups -OCH3 is 1. The van der Waals surface area contributed by atoms with Crippen molar-refractivity contribution in [3.63, 3.8) is 0 Å². The maximum absolute atomic E-state index is 12.0. The average Bonchev–Trinajstić information content (AvgIpc) is 2.42. The Morgan fingerprint density at radius 2 is 1.68 bits per heavy atom. The first-order valence-electron chi connectivity index (χ1n) is 5.79. The summed E-state index contributed by atoms with van der Waals surface area (Å²) in [7, 11) is -2.06. The van der Waals surface area contributed by atoms with Crippen LogP contribution in [0.15, 0.2) is 63.9 Å². The number of nitrogens with zero attached hydrogens (tertiary/aromatic N) is 1. The Balaban J connectivity index is 2.30. The number of hydrogen-bond donors (Lipinski definition) is 0. The molecule has 0 saturated carbocycles. The van der Waals surface area contributed by atoms with Crippen LogP contribution in [-0.2, 0) is 14.8 Å². The van der Waals surface area contributed by atoms with Crippen LogP contribution in [0.25, 0.3) is 0 Å². The van der Waals surface area contributed by atoms with E-state index in [1.54, 1.807) is 49.6 Å². The molecule has 19 heavy (non-hydrogen) atoms. The smallest absolute Gasteiger partial charge is 0.282 e. The van der Waals surface area contributed by atoms with Crippen molar-refractivity contribution >= 4 is 15.7 Å². The van der Waals surface area contributed by atoms with E-state index < -0.39 is 15.6 Å². The van der Waals surface area contributed by atoms with E-state index in [1.165, 1.54) is 12.1 Å². The molecule has 0 atom stereocenters. The topological polar surface area (TPSA) is 55.7 Å². The number of ether oxygens (including phenoxy) is 1. The second-order valence-corrected chi connectivity index (χ2v) is 5.96. The van der Waals surface area contributed by atoms with Gasteiger partial charge in [0, 0.05) is 7.11 Å². The Hall–Kier alpha value is -1.72. The van der Waals surface area contributed by atoms with Crippen LogP contribution in [0.3, 0.4) is 0 Å². The lowest BCUT2D eigenvalue weighted by molar-refractivity contribution is 0.0904. The summed E-state index contributed by atoms with van der Waals surface area (Å²) >= 11 is 0. The second kappa shape index (κ2) is 5.11. The number of rotatable bonds is 3. The third-order valence-electron chi connectivity index (χ3n) is 2.88. The summed E-state index contributed by atoms with van der Waals surface area (Å²) < 4.78 is 33.2. The predicted molar refractivity (Wildman–Crippen MR) is 74.8 cm³/mol. The van der Waals surface area contributed by atoms with E-state index in [9.17, 15) is 8.42 Å². The first-order chi connectivity index (χ1) is 8.95.